The maximum Gasteiger partial charge on any atom is 0.247 e. The first kappa shape index (κ1) is 21.8. The summed E-state index contributed by atoms with van der Waals surface area (Å²) in [5.74, 6) is -0.986. The minimum atomic E-state index is -0.527. The summed E-state index contributed by atoms with van der Waals surface area (Å²) in [6.07, 6.45) is 3.75. The van der Waals surface area contributed by atoms with Crippen molar-refractivity contribution in [1.29, 1.82) is 0 Å². The van der Waals surface area contributed by atoms with Crippen LogP contribution in [-0.4, -0.2) is 38.6 Å². The lowest BCUT2D eigenvalue weighted by Gasteiger charge is -2.15. The molecular formula is C20H27NO5. The Balaban J connectivity index is 2.68. The van der Waals surface area contributed by atoms with Crippen molar-refractivity contribution in [3.8, 4) is 0 Å². The van der Waals surface area contributed by atoms with Crippen LogP contribution in [0.3, 0.4) is 0 Å². The zero-order chi connectivity index (χ0) is 19.2. The number of hydroxylamine groups is 1. The molecule has 0 radical (unpaired) electrons. The molecule has 0 aliphatic carbocycles. The largest absolute Gasteiger partial charge is 0.375 e. The summed E-state index contributed by atoms with van der Waals surface area (Å²) >= 11 is 0. The van der Waals surface area contributed by atoms with Gasteiger partial charge in [-0.3, -0.25) is 14.4 Å². The van der Waals surface area contributed by atoms with Gasteiger partial charge in [-0.1, -0.05) is 36.4 Å². The van der Waals surface area contributed by atoms with Crippen molar-refractivity contribution >= 4 is 11.7 Å². The number of nitrogens with one attached hydrogen (secondary N) is 1. The Kier molecular flexibility index (Phi) is 10.9. The molecule has 0 spiro atoms. The van der Waals surface area contributed by atoms with Crippen LogP contribution in [0.1, 0.15) is 28.8 Å². The average Bonchev–Trinajstić information content (AvgIpc) is 2.64. The van der Waals surface area contributed by atoms with Crippen LogP contribution in [0, 0.1) is 5.92 Å². The fourth-order valence-corrected chi connectivity index (χ4v) is 2.39. The van der Waals surface area contributed by atoms with Gasteiger partial charge in [-0.25, -0.2) is 5.48 Å². The molecule has 0 aliphatic rings. The summed E-state index contributed by atoms with van der Waals surface area (Å²) in [4.78, 5) is 29.3. The Morgan fingerprint density at radius 3 is 2.58 bits per heavy atom. The van der Waals surface area contributed by atoms with Gasteiger partial charge in [0.2, 0.25) is 5.91 Å². The molecule has 26 heavy (non-hydrogen) atoms. The molecule has 0 fully saturated rings. The van der Waals surface area contributed by atoms with Gasteiger partial charge >= 0.3 is 0 Å². The Labute approximate surface area is 154 Å². The van der Waals surface area contributed by atoms with Crippen molar-refractivity contribution in [2.75, 3.05) is 26.9 Å². The van der Waals surface area contributed by atoms with Crippen LogP contribution in [0.25, 0.3) is 0 Å². The lowest BCUT2D eigenvalue weighted by Crippen LogP contribution is -2.31. The van der Waals surface area contributed by atoms with Crippen LogP contribution in [0.4, 0.5) is 0 Å². The first-order chi connectivity index (χ1) is 12.6. The van der Waals surface area contributed by atoms with Gasteiger partial charge in [0.25, 0.3) is 0 Å². The molecule has 1 amide bonds. The highest BCUT2D eigenvalue weighted by Gasteiger charge is 2.22. The highest BCUT2D eigenvalue weighted by Crippen LogP contribution is 2.18. The van der Waals surface area contributed by atoms with Crippen LogP contribution in [0.2, 0.25) is 0 Å². The van der Waals surface area contributed by atoms with Gasteiger partial charge in [-0.15, -0.1) is 13.2 Å². The second-order valence-electron chi connectivity index (χ2n) is 5.59. The van der Waals surface area contributed by atoms with Gasteiger partial charge in [0.05, 0.1) is 39.5 Å². The number of ether oxygens (including phenoxy) is 2. The third-order valence-corrected chi connectivity index (χ3v) is 3.64. The van der Waals surface area contributed by atoms with Gasteiger partial charge in [-0.05, 0) is 12.0 Å². The van der Waals surface area contributed by atoms with Gasteiger partial charge in [0.1, 0.15) is 0 Å². The van der Waals surface area contributed by atoms with Gasteiger partial charge < -0.3 is 9.47 Å². The number of hydrogen-bond acceptors (Lipinski definition) is 5. The number of allylic oxidation sites excluding steroid dienone is 1. The lowest BCUT2D eigenvalue weighted by molar-refractivity contribution is -0.135. The third-order valence-electron chi connectivity index (χ3n) is 3.64. The van der Waals surface area contributed by atoms with Crippen LogP contribution in [-0.2, 0) is 25.7 Å². The Morgan fingerprint density at radius 1 is 1.15 bits per heavy atom. The van der Waals surface area contributed by atoms with E-state index in [1.165, 1.54) is 7.11 Å². The normalized spacial score (nSPS) is 11.6. The first-order valence-corrected chi connectivity index (χ1v) is 8.45. The maximum absolute atomic E-state index is 12.7. The zero-order valence-electron chi connectivity index (χ0n) is 15.2. The topological polar surface area (TPSA) is 73.9 Å². The van der Waals surface area contributed by atoms with Crippen molar-refractivity contribution in [2.45, 2.75) is 19.4 Å². The number of carbonyl (C=O) groups is 2. The second-order valence-corrected chi connectivity index (χ2v) is 5.59. The van der Waals surface area contributed by atoms with Crippen molar-refractivity contribution < 1.29 is 23.9 Å². The molecule has 0 heterocycles. The van der Waals surface area contributed by atoms with E-state index in [9.17, 15) is 9.59 Å². The number of rotatable bonds is 14. The van der Waals surface area contributed by atoms with E-state index in [1.54, 1.807) is 24.3 Å². The molecule has 1 atom stereocenters. The van der Waals surface area contributed by atoms with E-state index >= 15 is 0 Å². The number of carbonyl (C=O) groups excluding carboxylic acids is 2. The predicted octanol–water partition coefficient (Wildman–Crippen LogP) is 2.85. The molecule has 0 saturated heterocycles. The summed E-state index contributed by atoms with van der Waals surface area (Å²) in [5, 5.41) is 0. The smallest absolute Gasteiger partial charge is 0.247 e. The van der Waals surface area contributed by atoms with Gasteiger partial charge in [0.15, 0.2) is 5.78 Å². The van der Waals surface area contributed by atoms with E-state index in [0.29, 0.717) is 38.4 Å². The van der Waals surface area contributed by atoms with Crippen molar-refractivity contribution in [1.82, 2.24) is 5.48 Å². The summed E-state index contributed by atoms with van der Waals surface area (Å²) in [7, 11) is 1.36. The summed E-state index contributed by atoms with van der Waals surface area (Å²) in [6, 6.07) is 7.23. The lowest BCUT2D eigenvalue weighted by atomic mass is 9.93. The third kappa shape index (κ3) is 7.74. The SMILES string of the molecule is C=CCOCCOCc1ccccc1C(=O)C[C@@H](CC=C)C(=O)NOC. The minimum absolute atomic E-state index is 0.0701. The molecule has 0 bridgehead atoms. The fraction of sp³-hybridized carbons (Fsp3) is 0.400. The molecular weight excluding hydrogens is 334 g/mol. The molecule has 0 saturated carbocycles. The minimum Gasteiger partial charge on any atom is -0.375 e. The maximum atomic E-state index is 12.7. The summed E-state index contributed by atoms with van der Waals surface area (Å²) < 4.78 is 10.8. The highest BCUT2D eigenvalue weighted by atomic mass is 16.6. The standard InChI is InChI=1S/C20H27NO5/c1-4-8-16(20(23)21-24-3)14-19(22)18-10-7-6-9-17(18)15-26-13-12-25-11-5-2/h4-7,9-10,16H,1-2,8,11-15H2,3H3,(H,21,23)/t16-/m1/s1. The first-order valence-electron chi connectivity index (χ1n) is 8.45. The summed E-state index contributed by atoms with van der Waals surface area (Å²) in [5.41, 5.74) is 3.61. The fourth-order valence-electron chi connectivity index (χ4n) is 2.39. The molecule has 1 aromatic carbocycles. The molecule has 142 valence electrons. The number of Topliss-reactive ketones (excluding diaryl/α,β-unsaturated/α-hetero) is 1. The van der Waals surface area contributed by atoms with Crippen molar-refractivity contribution in [2.24, 2.45) is 5.92 Å². The van der Waals surface area contributed by atoms with E-state index in [2.05, 4.69) is 23.5 Å². The highest BCUT2D eigenvalue weighted by molar-refractivity contribution is 5.99. The van der Waals surface area contributed by atoms with E-state index in [-0.39, 0.29) is 18.1 Å². The van der Waals surface area contributed by atoms with Crippen LogP contribution < -0.4 is 5.48 Å². The van der Waals surface area contributed by atoms with Gasteiger partial charge in [0, 0.05) is 12.0 Å². The molecule has 6 heteroatoms. The molecule has 6 nitrogen and oxygen atoms in total. The van der Waals surface area contributed by atoms with Crippen LogP contribution in [0.5, 0.6) is 0 Å². The molecule has 1 rings (SSSR count). The number of amides is 1. The van der Waals surface area contributed by atoms with Gasteiger partial charge in [-0.2, -0.15) is 0 Å². The summed E-state index contributed by atoms with van der Waals surface area (Å²) in [6.45, 7) is 8.88. The van der Waals surface area contributed by atoms with Crippen molar-refractivity contribution in [3.05, 3.63) is 60.7 Å². The number of ketones is 1. The quantitative estimate of drug-likeness (QED) is 0.239. The molecule has 1 aromatic rings. The van der Waals surface area contributed by atoms with E-state index in [0.717, 1.165) is 5.56 Å². The molecule has 0 aromatic heterocycles. The predicted molar refractivity (Wildman–Crippen MR) is 99.5 cm³/mol. The van der Waals surface area contributed by atoms with E-state index < -0.39 is 5.92 Å². The van der Waals surface area contributed by atoms with E-state index in [4.69, 9.17) is 9.47 Å². The molecule has 0 aliphatic heterocycles. The number of benzene rings is 1. The molecule has 1 N–H and O–H groups in total. The Morgan fingerprint density at radius 2 is 1.88 bits per heavy atom. The Bertz CT molecular complexity index is 600. The average molecular weight is 361 g/mol. The zero-order valence-corrected chi connectivity index (χ0v) is 15.2. The monoisotopic (exact) mass is 361 g/mol. The second kappa shape index (κ2) is 13.0. The Hall–Kier alpha value is -2.28. The van der Waals surface area contributed by atoms with Crippen LogP contribution >= 0.6 is 0 Å². The van der Waals surface area contributed by atoms with Crippen LogP contribution in [0.15, 0.2) is 49.6 Å². The van der Waals surface area contributed by atoms with Crippen molar-refractivity contribution in [3.63, 3.8) is 0 Å². The number of hydrogen-bond donors (Lipinski definition) is 1. The molecule has 0 unspecified atom stereocenters. The van der Waals surface area contributed by atoms with E-state index in [1.807, 2.05) is 12.1 Å².